The number of carbonyl (C=O) groups is 2. The largest absolute Gasteiger partial charge is 0.355 e. The summed E-state index contributed by atoms with van der Waals surface area (Å²) in [5.41, 5.74) is 0. The molecule has 3 N–H and O–H groups in total. The van der Waals surface area contributed by atoms with E-state index in [1.54, 1.807) is 13.8 Å². The molecular weight excluding hydrogens is 242 g/mol. The molecule has 0 aliphatic heterocycles. The van der Waals surface area contributed by atoms with E-state index in [0.29, 0.717) is 6.54 Å². The molecule has 3 atom stereocenters. The van der Waals surface area contributed by atoms with Crippen LogP contribution >= 0.6 is 0 Å². The number of carbonyl (C=O) groups excluding carboxylic acids is 2. The van der Waals surface area contributed by atoms with Crippen molar-refractivity contribution in [1.82, 2.24) is 16.0 Å². The Morgan fingerprint density at radius 3 is 2.05 bits per heavy atom. The fourth-order valence-electron chi connectivity index (χ4n) is 1.80. The summed E-state index contributed by atoms with van der Waals surface area (Å²) in [7, 11) is 0. The molecule has 2 amide bonds. The van der Waals surface area contributed by atoms with Gasteiger partial charge < -0.3 is 10.6 Å². The van der Waals surface area contributed by atoms with Crippen molar-refractivity contribution in [3.63, 3.8) is 0 Å². The second-order valence-electron chi connectivity index (χ2n) is 5.10. The molecule has 0 saturated heterocycles. The van der Waals surface area contributed by atoms with Crippen molar-refractivity contribution in [2.24, 2.45) is 0 Å². The van der Waals surface area contributed by atoms with Crippen LogP contribution in [0.25, 0.3) is 0 Å². The molecule has 5 nitrogen and oxygen atoms in total. The molecule has 0 rings (SSSR count). The monoisotopic (exact) mass is 271 g/mol. The van der Waals surface area contributed by atoms with E-state index in [1.807, 2.05) is 13.8 Å². The van der Waals surface area contributed by atoms with Gasteiger partial charge in [-0.3, -0.25) is 14.9 Å². The summed E-state index contributed by atoms with van der Waals surface area (Å²) in [4.78, 5) is 23.6. The Morgan fingerprint density at radius 2 is 1.53 bits per heavy atom. The fraction of sp³-hybridized carbons (Fsp3) is 0.857. The first-order valence-electron chi connectivity index (χ1n) is 7.26. The van der Waals surface area contributed by atoms with E-state index in [9.17, 15) is 9.59 Å². The molecule has 0 aromatic rings. The lowest BCUT2D eigenvalue weighted by Gasteiger charge is -2.21. The third-order valence-electron chi connectivity index (χ3n) is 2.95. The quantitative estimate of drug-likeness (QED) is 0.590. The van der Waals surface area contributed by atoms with Crippen LogP contribution in [0.5, 0.6) is 0 Å². The maximum absolute atomic E-state index is 11.9. The summed E-state index contributed by atoms with van der Waals surface area (Å²) in [6.45, 7) is 10.3. The molecule has 19 heavy (non-hydrogen) atoms. The first-order chi connectivity index (χ1) is 8.92. The van der Waals surface area contributed by atoms with Crippen LogP contribution in [0.3, 0.4) is 0 Å². The van der Waals surface area contributed by atoms with Gasteiger partial charge in [-0.1, -0.05) is 20.3 Å². The van der Waals surface area contributed by atoms with Gasteiger partial charge >= 0.3 is 0 Å². The minimum absolute atomic E-state index is 0.0592. The van der Waals surface area contributed by atoms with Gasteiger partial charge in [-0.25, -0.2) is 0 Å². The number of nitrogens with one attached hydrogen (secondary N) is 3. The highest BCUT2D eigenvalue weighted by Crippen LogP contribution is 1.96. The molecule has 3 unspecified atom stereocenters. The third kappa shape index (κ3) is 7.82. The van der Waals surface area contributed by atoms with E-state index in [-0.39, 0.29) is 29.9 Å². The van der Waals surface area contributed by atoms with Gasteiger partial charge in [0.1, 0.15) is 0 Å². The van der Waals surface area contributed by atoms with Crippen LogP contribution in [-0.2, 0) is 9.59 Å². The molecule has 0 aromatic carbocycles. The molecule has 0 aliphatic carbocycles. The van der Waals surface area contributed by atoms with Gasteiger partial charge in [-0.15, -0.1) is 0 Å². The van der Waals surface area contributed by atoms with E-state index in [4.69, 9.17) is 0 Å². The van der Waals surface area contributed by atoms with Crippen LogP contribution in [0.1, 0.15) is 53.9 Å². The zero-order valence-electron chi connectivity index (χ0n) is 12.9. The molecule has 0 heterocycles. The summed E-state index contributed by atoms with van der Waals surface area (Å²) in [6, 6.07) is -0.568. The normalized spacial score (nSPS) is 15.4. The Bertz CT molecular complexity index is 282. The zero-order chi connectivity index (χ0) is 14.8. The van der Waals surface area contributed by atoms with Gasteiger partial charge in [-0.2, -0.15) is 0 Å². The first-order valence-corrected chi connectivity index (χ1v) is 7.26. The van der Waals surface area contributed by atoms with Crippen LogP contribution in [-0.4, -0.2) is 36.5 Å². The van der Waals surface area contributed by atoms with Gasteiger partial charge in [0.15, 0.2) is 0 Å². The van der Waals surface area contributed by atoms with Crippen molar-refractivity contribution in [2.45, 2.75) is 72.0 Å². The van der Waals surface area contributed by atoms with E-state index >= 15 is 0 Å². The molecule has 0 radical (unpaired) electrons. The van der Waals surface area contributed by atoms with Gasteiger partial charge in [-0.05, 0) is 33.6 Å². The van der Waals surface area contributed by atoms with Gasteiger partial charge in [0.25, 0.3) is 0 Å². The molecule has 0 spiro atoms. The van der Waals surface area contributed by atoms with Crippen molar-refractivity contribution < 1.29 is 9.59 Å². The maximum atomic E-state index is 11.9. The predicted molar refractivity (Wildman–Crippen MR) is 77.9 cm³/mol. The summed E-state index contributed by atoms with van der Waals surface area (Å²) >= 11 is 0. The number of hydrogen-bond donors (Lipinski definition) is 3. The molecule has 0 bridgehead atoms. The molecule has 0 saturated carbocycles. The van der Waals surface area contributed by atoms with Crippen LogP contribution in [0.2, 0.25) is 0 Å². The Morgan fingerprint density at radius 1 is 0.947 bits per heavy atom. The van der Waals surface area contributed by atoms with Crippen molar-refractivity contribution in [3.05, 3.63) is 0 Å². The van der Waals surface area contributed by atoms with Gasteiger partial charge in [0, 0.05) is 12.6 Å². The second-order valence-corrected chi connectivity index (χ2v) is 5.10. The SMILES string of the molecule is CCCNC(=O)C(C)NC(C)C(=O)NC(C)CCC. The minimum Gasteiger partial charge on any atom is -0.355 e. The zero-order valence-corrected chi connectivity index (χ0v) is 12.9. The molecule has 112 valence electrons. The Balaban J connectivity index is 4.09. The van der Waals surface area contributed by atoms with E-state index in [0.717, 1.165) is 19.3 Å². The Hall–Kier alpha value is -1.10. The average Bonchev–Trinajstić information content (AvgIpc) is 2.35. The highest BCUT2D eigenvalue weighted by molar-refractivity contribution is 5.84. The summed E-state index contributed by atoms with van der Waals surface area (Å²) in [6.07, 6.45) is 2.91. The fourth-order valence-corrected chi connectivity index (χ4v) is 1.80. The molecule has 0 fully saturated rings. The summed E-state index contributed by atoms with van der Waals surface area (Å²) in [5.74, 6) is -0.126. The molecule has 0 aromatic heterocycles. The van der Waals surface area contributed by atoms with Crippen molar-refractivity contribution in [2.75, 3.05) is 6.54 Å². The number of rotatable bonds is 9. The minimum atomic E-state index is -0.373. The molecule has 0 aliphatic rings. The van der Waals surface area contributed by atoms with Crippen molar-refractivity contribution >= 4 is 11.8 Å². The predicted octanol–water partition coefficient (Wildman–Crippen LogP) is 1.18. The maximum Gasteiger partial charge on any atom is 0.237 e. The van der Waals surface area contributed by atoms with Gasteiger partial charge in [0.05, 0.1) is 12.1 Å². The molecule has 5 heteroatoms. The smallest absolute Gasteiger partial charge is 0.237 e. The first kappa shape index (κ1) is 17.9. The van der Waals surface area contributed by atoms with Crippen molar-refractivity contribution in [3.8, 4) is 0 Å². The molecular formula is C14H29N3O2. The standard InChI is InChI=1S/C14H29N3O2/c1-6-8-10(3)16-14(19)12(5)17-11(4)13(18)15-9-7-2/h10-12,17H,6-9H2,1-5H3,(H,15,18)(H,16,19). The Kier molecular flexibility index (Phi) is 9.21. The van der Waals surface area contributed by atoms with Crippen LogP contribution < -0.4 is 16.0 Å². The van der Waals surface area contributed by atoms with Crippen LogP contribution in [0.4, 0.5) is 0 Å². The van der Waals surface area contributed by atoms with Crippen LogP contribution in [0, 0.1) is 0 Å². The van der Waals surface area contributed by atoms with E-state index < -0.39 is 0 Å². The third-order valence-corrected chi connectivity index (χ3v) is 2.95. The number of amides is 2. The Labute approximate surface area is 116 Å². The van der Waals surface area contributed by atoms with E-state index in [2.05, 4.69) is 22.9 Å². The lowest BCUT2D eigenvalue weighted by molar-refractivity contribution is -0.125. The highest BCUT2D eigenvalue weighted by atomic mass is 16.2. The lowest BCUT2D eigenvalue weighted by atomic mass is 10.1. The van der Waals surface area contributed by atoms with E-state index in [1.165, 1.54) is 0 Å². The topological polar surface area (TPSA) is 70.2 Å². The summed E-state index contributed by atoms with van der Waals surface area (Å²) < 4.78 is 0. The van der Waals surface area contributed by atoms with Gasteiger partial charge in [0.2, 0.25) is 11.8 Å². The average molecular weight is 271 g/mol. The highest BCUT2D eigenvalue weighted by Gasteiger charge is 2.20. The summed E-state index contributed by atoms with van der Waals surface area (Å²) in [5, 5.41) is 8.75. The van der Waals surface area contributed by atoms with Crippen molar-refractivity contribution in [1.29, 1.82) is 0 Å². The number of hydrogen-bond acceptors (Lipinski definition) is 3. The second kappa shape index (κ2) is 9.78. The lowest BCUT2D eigenvalue weighted by Crippen LogP contribution is -2.52. The van der Waals surface area contributed by atoms with Crippen LogP contribution in [0.15, 0.2) is 0 Å².